The standard InChI is InChI=1S/C14H21.Li/c1-2-3-4-5-6-8-11-14-12-9-7-10-13-14;/h9-10,12-13H,2-6,8,11H2,1H3;/q-1;+1. The summed E-state index contributed by atoms with van der Waals surface area (Å²) in [4.78, 5) is 0. The van der Waals surface area contributed by atoms with Gasteiger partial charge in [0.2, 0.25) is 0 Å². The molecule has 0 atom stereocenters. The second-order valence-corrected chi connectivity index (χ2v) is 3.93. The van der Waals surface area contributed by atoms with E-state index in [1.54, 1.807) is 0 Å². The molecule has 0 unspecified atom stereocenters. The molecular formula is C14H21Li. The predicted molar refractivity (Wildman–Crippen MR) is 62.4 cm³/mol. The third-order valence-electron chi connectivity index (χ3n) is 2.61. The van der Waals surface area contributed by atoms with Crippen LogP contribution >= 0.6 is 0 Å². The van der Waals surface area contributed by atoms with Crippen LogP contribution in [0.2, 0.25) is 0 Å². The summed E-state index contributed by atoms with van der Waals surface area (Å²) in [5.41, 5.74) is 1.46. The minimum atomic E-state index is 0. The van der Waals surface area contributed by atoms with Gasteiger partial charge in [-0.05, 0) is 0 Å². The van der Waals surface area contributed by atoms with Crippen LogP contribution in [-0.2, 0) is 6.42 Å². The summed E-state index contributed by atoms with van der Waals surface area (Å²) in [6.07, 6.45) is 9.54. The number of hydrogen-bond donors (Lipinski definition) is 0. The monoisotopic (exact) mass is 196 g/mol. The van der Waals surface area contributed by atoms with E-state index < -0.39 is 0 Å². The van der Waals surface area contributed by atoms with E-state index in [9.17, 15) is 0 Å². The Hall–Kier alpha value is -0.183. The number of hydrogen-bond acceptors (Lipinski definition) is 0. The van der Waals surface area contributed by atoms with Crippen LogP contribution in [0.4, 0.5) is 0 Å². The third kappa shape index (κ3) is 7.71. The van der Waals surface area contributed by atoms with Crippen molar-refractivity contribution in [2.75, 3.05) is 0 Å². The van der Waals surface area contributed by atoms with Gasteiger partial charge < -0.3 is 0 Å². The first-order chi connectivity index (χ1) is 6.93. The molecule has 1 aromatic rings. The average molecular weight is 196 g/mol. The SMILES string of the molecule is CCCCCCCCc1cc[c-]cc1.[Li+]. The van der Waals surface area contributed by atoms with Gasteiger partial charge in [0, 0.05) is 0 Å². The molecule has 1 rings (SSSR count). The van der Waals surface area contributed by atoms with Crippen LogP contribution in [0.25, 0.3) is 0 Å². The molecule has 1 heteroatoms. The van der Waals surface area contributed by atoms with E-state index in [4.69, 9.17) is 0 Å². The Morgan fingerprint density at radius 2 is 1.53 bits per heavy atom. The topological polar surface area (TPSA) is 0 Å². The molecule has 0 spiro atoms. The zero-order valence-electron chi connectivity index (χ0n) is 10.3. The van der Waals surface area contributed by atoms with E-state index in [1.807, 2.05) is 12.1 Å². The molecule has 0 aliphatic carbocycles. The van der Waals surface area contributed by atoms with Gasteiger partial charge in [-0.3, -0.25) is 0 Å². The van der Waals surface area contributed by atoms with Crippen LogP contribution in [0.5, 0.6) is 0 Å². The Kier molecular flexibility index (Phi) is 10.2. The maximum Gasteiger partial charge on any atom is 1.00 e. The van der Waals surface area contributed by atoms with Crippen LogP contribution in [0.15, 0.2) is 24.3 Å². The van der Waals surface area contributed by atoms with Gasteiger partial charge in [0.15, 0.2) is 0 Å². The molecule has 0 N–H and O–H groups in total. The van der Waals surface area contributed by atoms with E-state index in [0.717, 1.165) is 0 Å². The van der Waals surface area contributed by atoms with Crippen LogP contribution in [-0.4, -0.2) is 0 Å². The van der Waals surface area contributed by atoms with Crippen molar-refractivity contribution >= 4 is 0 Å². The molecular weight excluding hydrogens is 175 g/mol. The van der Waals surface area contributed by atoms with E-state index in [-0.39, 0.29) is 18.9 Å². The van der Waals surface area contributed by atoms with Crippen LogP contribution < -0.4 is 18.9 Å². The first kappa shape index (κ1) is 14.8. The van der Waals surface area contributed by atoms with Crippen molar-refractivity contribution in [1.29, 1.82) is 0 Å². The van der Waals surface area contributed by atoms with Gasteiger partial charge >= 0.3 is 18.9 Å². The predicted octanol–water partition coefficient (Wildman–Crippen LogP) is 1.39. The van der Waals surface area contributed by atoms with Gasteiger partial charge in [0.1, 0.15) is 0 Å². The molecule has 78 valence electrons. The summed E-state index contributed by atoms with van der Waals surface area (Å²) >= 11 is 0. The van der Waals surface area contributed by atoms with Gasteiger partial charge in [0.05, 0.1) is 0 Å². The van der Waals surface area contributed by atoms with Crippen LogP contribution in [0, 0.1) is 6.07 Å². The zero-order chi connectivity index (χ0) is 10.1. The molecule has 0 saturated heterocycles. The summed E-state index contributed by atoms with van der Waals surface area (Å²) in [7, 11) is 0. The molecule has 0 amide bonds. The maximum atomic E-state index is 3.05. The quantitative estimate of drug-likeness (QED) is 0.351. The first-order valence-corrected chi connectivity index (χ1v) is 5.88. The van der Waals surface area contributed by atoms with Crippen LogP contribution in [0.1, 0.15) is 51.0 Å². The fourth-order valence-corrected chi connectivity index (χ4v) is 1.70. The van der Waals surface area contributed by atoms with Gasteiger partial charge in [-0.1, -0.05) is 51.9 Å². The Morgan fingerprint density at radius 3 is 2.20 bits per heavy atom. The summed E-state index contributed by atoms with van der Waals surface area (Å²) in [5, 5.41) is 0. The van der Waals surface area contributed by atoms with E-state index >= 15 is 0 Å². The number of benzene rings is 1. The van der Waals surface area contributed by atoms with Crippen molar-refractivity contribution in [3.63, 3.8) is 0 Å². The second kappa shape index (κ2) is 10.3. The summed E-state index contributed by atoms with van der Waals surface area (Å²) in [5.74, 6) is 0. The second-order valence-electron chi connectivity index (χ2n) is 3.93. The molecule has 0 aliphatic rings. The summed E-state index contributed by atoms with van der Waals surface area (Å²) < 4.78 is 0. The van der Waals surface area contributed by atoms with Crippen molar-refractivity contribution in [2.24, 2.45) is 0 Å². The Morgan fingerprint density at radius 1 is 0.933 bits per heavy atom. The Balaban J connectivity index is 0.00000196. The van der Waals surface area contributed by atoms with Crippen molar-refractivity contribution in [2.45, 2.75) is 51.9 Å². The smallest absolute Gasteiger partial charge is 0.184 e. The molecule has 0 saturated carbocycles. The van der Waals surface area contributed by atoms with Crippen LogP contribution in [0.3, 0.4) is 0 Å². The molecule has 0 aromatic heterocycles. The minimum absolute atomic E-state index is 0. The largest absolute Gasteiger partial charge is 1.00 e. The fraction of sp³-hybridized carbons (Fsp3) is 0.571. The minimum Gasteiger partial charge on any atom is -0.184 e. The molecule has 0 nitrogen and oxygen atoms in total. The van der Waals surface area contributed by atoms with E-state index in [0.29, 0.717) is 0 Å². The molecule has 0 radical (unpaired) electrons. The normalized spacial score (nSPS) is 9.67. The Bertz CT molecular complexity index is 218. The van der Waals surface area contributed by atoms with E-state index in [1.165, 1.54) is 50.5 Å². The number of rotatable bonds is 7. The average Bonchev–Trinajstić information content (AvgIpc) is 2.25. The Labute approximate surface area is 107 Å². The zero-order valence-corrected chi connectivity index (χ0v) is 10.3. The molecule has 0 aliphatic heterocycles. The van der Waals surface area contributed by atoms with Gasteiger partial charge in [-0.15, -0.1) is 0 Å². The van der Waals surface area contributed by atoms with Gasteiger partial charge in [-0.2, -0.15) is 35.9 Å². The van der Waals surface area contributed by atoms with Gasteiger partial charge in [0.25, 0.3) is 0 Å². The maximum absolute atomic E-state index is 3.05. The molecule has 1 aromatic carbocycles. The summed E-state index contributed by atoms with van der Waals surface area (Å²) in [6, 6.07) is 11.4. The fourth-order valence-electron chi connectivity index (χ4n) is 1.70. The third-order valence-corrected chi connectivity index (χ3v) is 2.61. The molecule has 0 bridgehead atoms. The first-order valence-electron chi connectivity index (χ1n) is 5.88. The van der Waals surface area contributed by atoms with Crippen molar-refractivity contribution in [3.05, 3.63) is 35.9 Å². The van der Waals surface area contributed by atoms with Gasteiger partial charge in [-0.25, -0.2) is 0 Å². The summed E-state index contributed by atoms with van der Waals surface area (Å²) in [6.45, 7) is 2.26. The van der Waals surface area contributed by atoms with Crippen molar-refractivity contribution < 1.29 is 18.9 Å². The molecule has 15 heavy (non-hydrogen) atoms. The number of aryl methyl sites for hydroxylation is 1. The molecule has 0 fully saturated rings. The van der Waals surface area contributed by atoms with Crippen molar-refractivity contribution in [1.82, 2.24) is 0 Å². The molecule has 0 heterocycles. The van der Waals surface area contributed by atoms with Crippen molar-refractivity contribution in [3.8, 4) is 0 Å². The van der Waals surface area contributed by atoms with E-state index in [2.05, 4.69) is 25.1 Å². The number of unbranched alkanes of at least 4 members (excludes halogenated alkanes) is 5.